The second-order valence-corrected chi connectivity index (χ2v) is 4.84. The molecular formula is H4O10P4Sn. The zero-order chi connectivity index (χ0) is 11.7. The van der Waals surface area contributed by atoms with E-state index >= 15 is 0 Å². The monoisotopic (exact) mass is 408 g/mol. The SMILES string of the molecule is O=[PH]([O-])O[PH](=O)[O-].O=[PH]([O-])O[PH](=O)[O-].[Sn+4]. The van der Waals surface area contributed by atoms with Crippen molar-refractivity contribution in [3.63, 3.8) is 0 Å². The third-order valence-corrected chi connectivity index (χ3v) is 3.00. The normalized spacial score (nSPS) is 17.3. The van der Waals surface area contributed by atoms with Crippen LogP contribution in [0, 0.1) is 0 Å². The Hall–Kier alpha value is 1.48. The topological polar surface area (TPSA) is 179 Å². The van der Waals surface area contributed by atoms with E-state index in [2.05, 4.69) is 8.62 Å². The van der Waals surface area contributed by atoms with Crippen LogP contribution in [-0.2, 0) is 26.9 Å². The van der Waals surface area contributed by atoms with E-state index in [0.717, 1.165) is 0 Å². The quantitative estimate of drug-likeness (QED) is 0.337. The van der Waals surface area contributed by atoms with Crippen LogP contribution in [0.2, 0.25) is 0 Å². The van der Waals surface area contributed by atoms with Gasteiger partial charge < -0.3 is 37.8 Å². The summed E-state index contributed by atoms with van der Waals surface area (Å²) >= 11 is 0. The van der Waals surface area contributed by atoms with Gasteiger partial charge in [0.15, 0.2) is 0 Å². The van der Waals surface area contributed by atoms with Crippen molar-refractivity contribution in [1.29, 1.82) is 0 Å². The molecule has 0 aromatic heterocycles. The van der Waals surface area contributed by atoms with Gasteiger partial charge in [0.1, 0.15) is 33.0 Å². The van der Waals surface area contributed by atoms with Gasteiger partial charge >= 0.3 is 23.9 Å². The molecule has 15 heteroatoms. The Labute approximate surface area is 103 Å². The van der Waals surface area contributed by atoms with Crippen LogP contribution in [0.3, 0.4) is 0 Å². The molecule has 10 nitrogen and oxygen atoms in total. The van der Waals surface area contributed by atoms with Crippen LogP contribution in [0.15, 0.2) is 0 Å². The molecular weight excluding hydrogens is 403 g/mol. The Kier molecular flexibility index (Phi) is 19.6. The van der Waals surface area contributed by atoms with Gasteiger partial charge in [0, 0.05) is 0 Å². The largest absolute Gasteiger partial charge is 4.00 e. The van der Waals surface area contributed by atoms with Gasteiger partial charge in [0.25, 0.3) is 0 Å². The first-order valence-electron chi connectivity index (χ1n) is 2.45. The molecule has 0 saturated carbocycles. The average Bonchev–Trinajstić information content (AvgIpc) is 1.79. The van der Waals surface area contributed by atoms with Crippen LogP contribution in [0.5, 0.6) is 0 Å². The third-order valence-electron chi connectivity index (χ3n) is 0.333. The van der Waals surface area contributed by atoms with Crippen molar-refractivity contribution in [2.75, 3.05) is 0 Å². The van der Waals surface area contributed by atoms with E-state index in [1.807, 2.05) is 0 Å². The van der Waals surface area contributed by atoms with Gasteiger partial charge in [-0.1, -0.05) is 0 Å². The van der Waals surface area contributed by atoms with Crippen LogP contribution in [0.4, 0.5) is 0 Å². The fraction of sp³-hybridized carbons (Fsp3) is 0. The molecule has 0 spiro atoms. The Bertz CT molecular complexity index is 196. The predicted octanol–water partition coefficient (Wildman–Crippen LogP) is -3.37. The van der Waals surface area contributed by atoms with Crippen molar-refractivity contribution < 1.29 is 46.5 Å². The smallest absolute Gasteiger partial charge is 0.781 e. The molecule has 0 radical (unpaired) electrons. The fourth-order valence-electron chi connectivity index (χ4n) is 0.136. The van der Waals surface area contributed by atoms with E-state index in [1.54, 1.807) is 0 Å². The summed E-state index contributed by atoms with van der Waals surface area (Å²) in [6.07, 6.45) is 0. The van der Waals surface area contributed by atoms with Gasteiger partial charge in [-0.2, -0.15) is 0 Å². The minimum Gasteiger partial charge on any atom is -0.781 e. The maximum absolute atomic E-state index is 9.29. The van der Waals surface area contributed by atoms with E-state index in [0.29, 0.717) is 0 Å². The second-order valence-electron chi connectivity index (χ2n) is 1.20. The molecule has 0 N–H and O–H groups in total. The molecule has 0 aromatic rings. The van der Waals surface area contributed by atoms with Gasteiger partial charge in [0.2, 0.25) is 0 Å². The summed E-state index contributed by atoms with van der Waals surface area (Å²) in [6.45, 7) is 0. The molecule has 0 aliphatic carbocycles. The average molecular weight is 407 g/mol. The van der Waals surface area contributed by atoms with Crippen LogP contribution in [0.25, 0.3) is 0 Å². The van der Waals surface area contributed by atoms with Crippen molar-refractivity contribution in [3.8, 4) is 0 Å². The Morgan fingerprint density at radius 2 is 0.733 bits per heavy atom. The maximum Gasteiger partial charge on any atom is 4.00 e. The van der Waals surface area contributed by atoms with Gasteiger partial charge in [-0.25, -0.2) is 0 Å². The third kappa shape index (κ3) is 31.3. The van der Waals surface area contributed by atoms with Crippen LogP contribution in [0.1, 0.15) is 0 Å². The summed E-state index contributed by atoms with van der Waals surface area (Å²) in [5.74, 6) is 0. The maximum atomic E-state index is 9.29. The molecule has 0 rings (SSSR count). The summed E-state index contributed by atoms with van der Waals surface area (Å²) in [5, 5.41) is 0. The van der Waals surface area contributed by atoms with E-state index in [-0.39, 0.29) is 23.9 Å². The second kappa shape index (κ2) is 13.5. The van der Waals surface area contributed by atoms with Crippen molar-refractivity contribution in [1.82, 2.24) is 0 Å². The fourth-order valence-corrected chi connectivity index (χ4v) is 1.22. The molecule has 0 fully saturated rings. The molecule has 4 unspecified atom stereocenters. The van der Waals surface area contributed by atoms with Gasteiger partial charge in [-0.05, 0) is 0 Å². The molecule has 0 aromatic carbocycles. The van der Waals surface area contributed by atoms with E-state index in [1.165, 1.54) is 0 Å². The molecule has 15 heavy (non-hydrogen) atoms. The number of hydrogen-bond acceptors (Lipinski definition) is 10. The molecule has 0 aliphatic rings. The van der Waals surface area contributed by atoms with Gasteiger partial charge in [0.05, 0.1) is 0 Å². The zero-order valence-electron chi connectivity index (χ0n) is 6.58. The van der Waals surface area contributed by atoms with Crippen LogP contribution in [-0.4, -0.2) is 23.9 Å². The number of rotatable bonds is 4. The van der Waals surface area contributed by atoms with Gasteiger partial charge in [-0.3, -0.25) is 8.62 Å². The minimum atomic E-state index is -3.51. The standard InChI is InChI=1S/2H4O5P2.Sn/c2*1-6(2)5-7(3)4;/h2*6-7H,(H,1,2)(H,3,4);/q;;+4/p-4. The molecule has 0 aliphatic heterocycles. The predicted molar refractivity (Wildman–Crippen MR) is 43.9 cm³/mol. The van der Waals surface area contributed by atoms with Crippen molar-refractivity contribution in [2.24, 2.45) is 0 Å². The van der Waals surface area contributed by atoms with Crippen molar-refractivity contribution in [2.45, 2.75) is 0 Å². The van der Waals surface area contributed by atoms with Crippen molar-refractivity contribution >= 4 is 56.9 Å². The van der Waals surface area contributed by atoms with E-state index in [4.69, 9.17) is 0 Å². The Morgan fingerprint density at radius 3 is 0.733 bits per heavy atom. The zero-order valence-corrected chi connectivity index (χ0v) is 13.4. The summed E-state index contributed by atoms with van der Waals surface area (Å²) in [6, 6.07) is 0. The summed E-state index contributed by atoms with van der Waals surface area (Å²) in [4.78, 5) is 37.1. The summed E-state index contributed by atoms with van der Waals surface area (Å²) in [7, 11) is -14.1. The van der Waals surface area contributed by atoms with Crippen LogP contribution < -0.4 is 19.6 Å². The van der Waals surface area contributed by atoms with Gasteiger partial charge in [-0.15, -0.1) is 0 Å². The molecule has 88 valence electrons. The number of hydrogen-bond donors (Lipinski definition) is 0. The molecule has 4 atom stereocenters. The Morgan fingerprint density at radius 1 is 0.600 bits per heavy atom. The Balaban J connectivity index is -0.000000180. The first-order valence-corrected chi connectivity index (χ1v) is 7.35. The molecule has 0 heterocycles. The first kappa shape index (κ1) is 21.7. The van der Waals surface area contributed by atoms with E-state index < -0.39 is 33.0 Å². The molecule has 0 bridgehead atoms. The molecule has 0 saturated heterocycles. The summed E-state index contributed by atoms with van der Waals surface area (Å²) in [5.41, 5.74) is 0. The first-order chi connectivity index (χ1) is 6.25. The van der Waals surface area contributed by atoms with Crippen molar-refractivity contribution in [3.05, 3.63) is 0 Å². The summed E-state index contributed by atoms with van der Waals surface area (Å²) < 4.78 is 43.6. The van der Waals surface area contributed by atoms with Crippen LogP contribution >= 0.6 is 33.0 Å². The molecule has 0 amide bonds. The van der Waals surface area contributed by atoms with E-state index in [9.17, 15) is 37.8 Å². The minimum absolute atomic E-state index is 0.